The largest absolute Gasteiger partial charge is 0.375 e. The van der Waals surface area contributed by atoms with E-state index in [9.17, 15) is 0 Å². The molecule has 5 nitrogen and oxygen atoms in total. The molecule has 8 heteroatoms. The van der Waals surface area contributed by atoms with Crippen molar-refractivity contribution in [2.24, 2.45) is 10.8 Å². The SMILES string of the molecule is C/C(=N\NC(N)=S)c1ccc(Nc2nc(-c3ccc(Cl)cc3)cs2)cc1. The van der Waals surface area contributed by atoms with E-state index in [1.165, 1.54) is 0 Å². The lowest BCUT2D eigenvalue weighted by Crippen LogP contribution is -2.25. The number of nitrogens with zero attached hydrogens (tertiary/aromatic N) is 2. The zero-order chi connectivity index (χ0) is 18.5. The molecule has 0 bridgehead atoms. The van der Waals surface area contributed by atoms with E-state index in [-0.39, 0.29) is 5.11 Å². The molecule has 0 saturated heterocycles. The Morgan fingerprint density at radius 2 is 1.85 bits per heavy atom. The minimum absolute atomic E-state index is 0.142. The number of anilines is 2. The van der Waals surface area contributed by atoms with E-state index in [1.807, 2.05) is 60.8 Å². The highest BCUT2D eigenvalue weighted by atomic mass is 35.5. The van der Waals surface area contributed by atoms with Crippen LogP contribution in [0.5, 0.6) is 0 Å². The summed E-state index contributed by atoms with van der Waals surface area (Å²) in [6.07, 6.45) is 0. The molecule has 26 heavy (non-hydrogen) atoms. The first-order valence-electron chi connectivity index (χ1n) is 7.70. The Bertz CT molecular complexity index is 933. The van der Waals surface area contributed by atoms with Crippen molar-refractivity contribution in [1.82, 2.24) is 10.4 Å². The molecule has 0 unspecified atom stereocenters. The molecule has 0 aliphatic rings. The van der Waals surface area contributed by atoms with Crippen molar-refractivity contribution in [3.63, 3.8) is 0 Å². The highest BCUT2D eigenvalue weighted by Crippen LogP contribution is 2.28. The summed E-state index contributed by atoms with van der Waals surface area (Å²) in [6.45, 7) is 1.88. The van der Waals surface area contributed by atoms with Gasteiger partial charge in [-0.3, -0.25) is 5.43 Å². The van der Waals surface area contributed by atoms with Crippen LogP contribution in [0.3, 0.4) is 0 Å². The van der Waals surface area contributed by atoms with Gasteiger partial charge >= 0.3 is 0 Å². The molecule has 0 amide bonds. The number of aromatic nitrogens is 1. The standard InChI is InChI=1S/C18H16ClN5S2/c1-11(23-24-17(20)25)12-4-8-15(9-5-12)21-18-22-16(10-26-18)13-2-6-14(19)7-3-13/h2-10H,1H3,(H,21,22)(H3,20,24,25)/b23-11+. The lowest BCUT2D eigenvalue weighted by molar-refractivity contribution is 1.03. The smallest absolute Gasteiger partial charge is 0.187 e. The normalized spacial score (nSPS) is 11.2. The first-order chi connectivity index (χ1) is 12.5. The predicted molar refractivity (Wildman–Crippen MR) is 114 cm³/mol. The van der Waals surface area contributed by atoms with Gasteiger partial charge < -0.3 is 11.1 Å². The molecule has 1 heterocycles. The molecule has 0 aliphatic heterocycles. The molecular weight excluding hydrogens is 386 g/mol. The molecule has 0 aliphatic carbocycles. The first kappa shape index (κ1) is 18.3. The van der Waals surface area contributed by atoms with Crippen LogP contribution in [0, 0.1) is 0 Å². The third kappa shape index (κ3) is 4.78. The van der Waals surface area contributed by atoms with Crippen LogP contribution in [0.2, 0.25) is 5.02 Å². The van der Waals surface area contributed by atoms with E-state index in [1.54, 1.807) is 11.3 Å². The van der Waals surface area contributed by atoms with Crippen LogP contribution in [-0.4, -0.2) is 15.8 Å². The van der Waals surface area contributed by atoms with Gasteiger partial charge in [0.2, 0.25) is 0 Å². The minimum Gasteiger partial charge on any atom is -0.375 e. The number of thiazole rings is 1. The topological polar surface area (TPSA) is 75.3 Å². The molecule has 0 saturated carbocycles. The fourth-order valence-electron chi connectivity index (χ4n) is 2.21. The number of nitrogens with two attached hydrogens (primary N) is 1. The number of hydrazone groups is 1. The number of hydrogen-bond acceptors (Lipinski definition) is 5. The second-order valence-corrected chi connectivity index (χ2v) is 7.15. The molecule has 3 rings (SSSR count). The molecular formula is C18H16ClN5S2. The lowest BCUT2D eigenvalue weighted by atomic mass is 10.1. The van der Waals surface area contributed by atoms with Gasteiger partial charge in [0.05, 0.1) is 11.4 Å². The van der Waals surface area contributed by atoms with Crippen LogP contribution in [0.25, 0.3) is 11.3 Å². The Kier molecular flexibility index (Phi) is 5.82. The maximum Gasteiger partial charge on any atom is 0.187 e. The summed E-state index contributed by atoms with van der Waals surface area (Å²) in [6, 6.07) is 15.5. The van der Waals surface area contributed by atoms with Gasteiger partial charge in [-0.15, -0.1) is 11.3 Å². The summed E-state index contributed by atoms with van der Waals surface area (Å²) < 4.78 is 0. The molecule has 3 aromatic rings. The Hall–Kier alpha value is -2.48. The van der Waals surface area contributed by atoms with Crippen molar-refractivity contribution >= 4 is 56.8 Å². The Labute approximate surface area is 165 Å². The van der Waals surface area contributed by atoms with Crippen molar-refractivity contribution in [2.75, 3.05) is 5.32 Å². The van der Waals surface area contributed by atoms with Crippen LogP contribution < -0.4 is 16.5 Å². The van der Waals surface area contributed by atoms with Gasteiger partial charge in [0.1, 0.15) is 0 Å². The molecule has 132 valence electrons. The fraction of sp³-hybridized carbons (Fsp3) is 0.0556. The Morgan fingerprint density at radius 1 is 1.15 bits per heavy atom. The minimum atomic E-state index is 0.142. The van der Waals surface area contributed by atoms with Gasteiger partial charge in [0.15, 0.2) is 10.2 Å². The summed E-state index contributed by atoms with van der Waals surface area (Å²) >= 11 is 12.2. The molecule has 0 radical (unpaired) electrons. The molecule has 0 atom stereocenters. The highest BCUT2D eigenvalue weighted by molar-refractivity contribution is 7.80. The maximum atomic E-state index is 5.93. The summed E-state index contributed by atoms with van der Waals surface area (Å²) in [7, 11) is 0. The number of halogens is 1. The van der Waals surface area contributed by atoms with Gasteiger partial charge in [-0.25, -0.2) is 4.98 Å². The van der Waals surface area contributed by atoms with E-state index >= 15 is 0 Å². The van der Waals surface area contributed by atoms with Crippen molar-refractivity contribution in [1.29, 1.82) is 0 Å². The van der Waals surface area contributed by atoms with Crippen molar-refractivity contribution in [3.8, 4) is 11.3 Å². The summed E-state index contributed by atoms with van der Waals surface area (Å²) in [4.78, 5) is 4.61. The maximum absolute atomic E-state index is 5.93. The van der Waals surface area contributed by atoms with E-state index in [4.69, 9.17) is 29.6 Å². The van der Waals surface area contributed by atoms with Crippen LogP contribution in [0.15, 0.2) is 59.0 Å². The summed E-state index contributed by atoms with van der Waals surface area (Å²) in [5, 5.41) is 11.1. The monoisotopic (exact) mass is 401 g/mol. The number of thiocarbonyl (C=S) groups is 1. The number of hydrogen-bond donors (Lipinski definition) is 3. The fourth-order valence-corrected chi connectivity index (χ4v) is 3.12. The lowest BCUT2D eigenvalue weighted by Gasteiger charge is -2.05. The molecule has 0 fully saturated rings. The average molecular weight is 402 g/mol. The van der Waals surface area contributed by atoms with E-state index in [0.29, 0.717) is 5.02 Å². The average Bonchev–Trinajstić information content (AvgIpc) is 3.09. The zero-order valence-corrected chi connectivity index (χ0v) is 16.3. The van der Waals surface area contributed by atoms with Crippen LogP contribution >= 0.6 is 35.2 Å². The molecule has 1 aromatic heterocycles. The van der Waals surface area contributed by atoms with E-state index < -0.39 is 0 Å². The summed E-state index contributed by atoms with van der Waals surface area (Å²) in [5.74, 6) is 0. The summed E-state index contributed by atoms with van der Waals surface area (Å²) in [5.41, 5.74) is 12.6. The predicted octanol–water partition coefficient (Wildman–Crippen LogP) is 4.76. The van der Waals surface area contributed by atoms with Gasteiger partial charge in [-0.05, 0) is 49.0 Å². The third-order valence-electron chi connectivity index (χ3n) is 3.53. The second kappa shape index (κ2) is 8.27. The van der Waals surface area contributed by atoms with Crippen molar-refractivity contribution < 1.29 is 0 Å². The van der Waals surface area contributed by atoms with Gasteiger partial charge in [0.25, 0.3) is 0 Å². The van der Waals surface area contributed by atoms with Crippen molar-refractivity contribution in [2.45, 2.75) is 6.92 Å². The van der Waals surface area contributed by atoms with Crippen LogP contribution in [0.1, 0.15) is 12.5 Å². The number of nitrogens with one attached hydrogen (secondary N) is 2. The van der Waals surface area contributed by atoms with Crippen LogP contribution in [-0.2, 0) is 0 Å². The van der Waals surface area contributed by atoms with E-state index in [0.717, 1.165) is 33.4 Å². The first-order valence-corrected chi connectivity index (χ1v) is 9.36. The number of benzene rings is 2. The van der Waals surface area contributed by atoms with Gasteiger partial charge in [-0.1, -0.05) is 35.9 Å². The molecule has 4 N–H and O–H groups in total. The quantitative estimate of drug-likeness (QED) is 0.326. The number of rotatable bonds is 5. The highest BCUT2D eigenvalue weighted by Gasteiger charge is 2.05. The Balaban J connectivity index is 1.69. The van der Waals surface area contributed by atoms with Crippen molar-refractivity contribution in [3.05, 3.63) is 64.5 Å². The second-order valence-electron chi connectivity index (χ2n) is 5.42. The van der Waals surface area contributed by atoms with Crippen LogP contribution in [0.4, 0.5) is 10.8 Å². The third-order valence-corrected chi connectivity index (χ3v) is 4.63. The zero-order valence-electron chi connectivity index (χ0n) is 13.9. The van der Waals surface area contributed by atoms with Gasteiger partial charge in [0, 0.05) is 21.7 Å². The van der Waals surface area contributed by atoms with Gasteiger partial charge in [-0.2, -0.15) is 5.10 Å². The molecule has 2 aromatic carbocycles. The van der Waals surface area contributed by atoms with E-state index in [2.05, 4.69) is 20.8 Å². The molecule has 0 spiro atoms. The Morgan fingerprint density at radius 3 is 2.50 bits per heavy atom.